The van der Waals surface area contributed by atoms with E-state index in [0.29, 0.717) is 16.2 Å². The number of aromatic amines is 1. The second kappa shape index (κ2) is 7.35. The van der Waals surface area contributed by atoms with Crippen molar-refractivity contribution in [3.05, 3.63) is 51.1 Å². The summed E-state index contributed by atoms with van der Waals surface area (Å²) in [6, 6.07) is 0.381. The quantitative estimate of drug-likeness (QED) is 0.452. The molecule has 2 aliphatic rings. The van der Waals surface area contributed by atoms with Crippen molar-refractivity contribution in [2.24, 2.45) is 0 Å². The normalized spacial score (nSPS) is 19.2. The lowest BCUT2D eigenvalue weighted by Gasteiger charge is -2.13. The van der Waals surface area contributed by atoms with E-state index in [1.807, 2.05) is 0 Å². The molecule has 1 aromatic carbocycles. The van der Waals surface area contributed by atoms with Gasteiger partial charge in [0.15, 0.2) is 28.0 Å². The molecule has 1 saturated carbocycles. The zero-order chi connectivity index (χ0) is 20.0. The lowest BCUT2D eigenvalue weighted by Crippen LogP contribution is -2.34. The van der Waals surface area contributed by atoms with E-state index in [9.17, 15) is 22.4 Å². The zero-order valence-corrected chi connectivity index (χ0v) is 15.8. The number of carbonyl (C=O) groups is 1. The third-order valence-electron chi connectivity index (χ3n) is 5.63. The van der Waals surface area contributed by atoms with Crippen LogP contribution in [0.15, 0.2) is 6.07 Å². The maximum Gasteiger partial charge on any atom is 0.226 e. The molecule has 2 aromatic rings. The molecule has 2 heterocycles. The van der Waals surface area contributed by atoms with Crippen molar-refractivity contribution in [1.29, 1.82) is 0 Å². The molecule has 28 heavy (non-hydrogen) atoms. The smallest absolute Gasteiger partial charge is 0.226 e. The summed E-state index contributed by atoms with van der Waals surface area (Å²) in [5.41, 5.74) is 0.595. The van der Waals surface area contributed by atoms with Crippen LogP contribution in [0.3, 0.4) is 0 Å². The molecule has 4 nitrogen and oxygen atoms in total. The molecule has 0 spiro atoms. The van der Waals surface area contributed by atoms with Gasteiger partial charge < -0.3 is 14.9 Å². The SMILES string of the molecule is O=C(Cc1[nH]c(=S)n2c1CC(c1c(F)c(F)cc(F)c1F)C2)NC1CCCC1. The Kier molecular flexibility index (Phi) is 5.03. The summed E-state index contributed by atoms with van der Waals surface area (Å²) >= 11 is 5.26. The van der Waals surface area contributed by atoms with Gasteiger partial charge in [-0.05, 0) is 31.5 Å². The summed E-state index contributed by atoms with van der Waals surface area (Å²) in [6.45, 7) is 0.0889. The van der Waals surface area contributed by atoms with E-state index in [0.717, 1.165) is 25.7 Å². The minimum Gasteiger partial charge on any atom is -0.353 e. The molecule has 0 saturated heterocycles. The average Bonchev–Trinajstić information content (AvgIpc) is 3.34. The van der Waals surface area contributed by atoms with E-state index in [1.165, 1.54) is 0 Å². The number of fused-ring (bicyclic) bond motifs is 1. The molecule has 1 aliphatic heterocycles. The van der Waals surface area contributed by atoms with E-state index in [4.69, 9.17) is 12.2 Å². The predicted octanol–water partition coefficient (Wildman–Crippen LogP) is 4.04. The number of H-pyrrole nitrogens is 1. The van der Waals surface area contributed by atoms with Gasteiger partial charge >= 0.3 is 0 Å². The van der Waals surface area contributed by atoms with Gasteiger partial charge in [-0.1, -0.05) is 12.8 Å². The Labute approximate surface area is 163 Å². The highest BCUT2D eigenvalue weighted by Gasteiger charge is 2.33. The Morgan fingerprint density at radius 3 is 2.46 bits per heavy atom. The number of halogens is 4. The Hall–Kier alpha value is -2.16. The van der Waals surface area contributed by atoms with E-state index in [2.05, 4.69) is 10.3 Å². The van der Waals surface area contributed by atoms with Gasteiger partial charge in [0.25, 0.3) is 0 Å². The number of benzene rings is 1. The summed E-state index contributed by atoms with van der Waals surface area (Å²) in [6.07, 6.45) is 4.31. The van der Waals surface area contributed by atoms with Crippen LogP contribution in [0.1, 0.15) is 48.6 Å². The molecule has 4 rings (SSSR count). The minimum absolute atomic E-state index is 0.0671. The maximum absolute atomic E-state index is 14.2. The third kappa shape index (κ3) is 3.36. The molecule has 1 aliphatic carbocycles. The Morgan fingerprint density at radius 1 is 1.18 bits per heavy atom. The molecule has 1 atom stereocenters. The van der Waals surface area contributed by atoms with Gasteiger partial charge in [-0.2, -0.15) is 0 Å². The van der Waals surface area contributed by atoms with Gasteiger partial charge in [-0.15, -0.1) is 0 Å². The second-order valence-electron chi connectivity index (χ2n) is 7.47. The molecule has 2 N–H and O–H groups in total. The number of nitrogens with zero attached hydrogens (tertiary/aromatic N) is 1. The van der Waals surface area contributed by atoms with Crippen LogP contribution in [0.5, 0.6) is 0 Å². The molecule has 1 fully saturated rings. The highest BCUT2D eigenvalue weighted by Crippen LogP contribution is 2.36. The number of aromatic nitrogens is 2. The zero-order valence-electron chi connectivity index (χ0n) is 15.0. The van der Waals surface area contributed by atoms with Gasteiger partial charge in [-0.3, -0.25) is 4.79 Å². The number of nitrogens with one attached hydrogen (secondary N) is 2. The predicted molar refractivity (Wildman–Crippen MR) is 96.4 cm³/mol. The number of hydrogen-bond donors (Lipinski definition) is 2. The first-order chi connectivity index (χ1) is 13.3. The Morgan fingerprint density at radius 2 is 1.82 bits per heavy atom. The molecule has 1 unspecified atom stereocenters. The van der Waals surface area contributed by atoms with Crippen molar-refractivity contribution >= 4 is 18.1 Å². The van der Waals surface area contributed by atoms with Crippen LogP contribution in [0.25, 0.3) is 0 Å². The summed E-state index contributed by atoms with van der Waals surface area (Å²) in [7, 11) is 0. The van der Waals surface area contributed by atoms with Gasteiger partial charge in [0, 0.05) is 41.5 Å². The summed E-state index contributed by atoms with van der Waals surface area (Å²) < 4.78 is 57.5. The first-order valence-corrected chi connectivity index (χ1v) is 9.68. The van der Waals surface area contributed by atoms with E-state index < -0.39 is 34.8 Å². The fourth-order valence-corrected chi connectivity index (χ4v) is 4.61. The number of carbonyl (C=O) groups excluding carboxylic acids is 1. The number of amides is 1. The first kappa shape index (κ1) is 19.2. The standard InChI is InChI=1S/C19H19F4N3OS/c20-11-6-12(21)18(23)16(17(11)22)9-5-14-13(25-19(28)26(14)8-9)7-15(27)24-10-3-1-2-4-10/h6,9-10H,1-5,7-8H2,(H,24,27)(H,25,28). The number of rotatable bonds is 4. The lowest BCUT2D eigenvalue weighted by atomic mass is 9.94. The largest absolute Gasteiger partial charge is 0.353 e. The molecule has 150 valence electrons. The fraction of sp³-hybridized carbons (Fsp3) is 0.474. The highest BCUT2D eigenvalue weighted by atomic mass is 32.1. The third-order valence-corrected chi connectivity index (χ3v) is 5.95. The Balaban J connectivity index is 1.57. The molecule has 9 heteroatoms. The monoisotopic (exact) mass is 413 g/mol. The van der Waals surface area contributed by atoms with Gasteiger partial charge in [-0.25, -0.2) is 17.6 Å². The van der Waals surface area contributed by atoms with Gasteiger partial charge in [0.05, 0.1) is 6.42 Å². The second-order valence-corrected chi connectivity index (χ2v) is 7.86. The highest BCUT2D eigenvalue weighted by molar-refractivity contribution is 7.71. The van der Waals surface area contributed by atoms with Crippen molar-refractivity contribution in [3.63, 3.8) is 0 Å². The first-order valence-electron chi connectivity index (χ1n) is 9.28. The van der Waals surface area contributed by atoms with Crippen molar-refractivity contribution in [2.75, 3.05) is 0 Å². The molecule has 1 aromatic heterocycles. The van der Waals surface area contributed by atoms with Crippen molar-refractivity contribution in [1.82, 2.24) is 14.9 Å². The summed E-state index contributed by atoms with van der Waals surface area (Å²) in [5.74, 6) is -6.56. The average molecular weight is 413 g/mol. The lowest BCUT2D eigenvalue weighted by molar-refractivity contribution is -0.121. The van der Waals surface area contributed by atoms with Crippen molar-refractivity contribution in [2.45, 2.75) is 57.0 Å². The van der Waals surface area contributed by atoms with Crippen LogP contribution in [0, 0.1) is 28.0 Å². The Bertz CT molecular complexity index is 968. The number of hydrogen-bond acceptors (Lipinski definition) is 2. The van der Waals surface area contributed by atoms with E-state index in [-0.39, 0.29) is 37.4 Å². The summed E-state index contributed by atoms with van der Waals surface area (Å²) in [4.78, 5) is 15.3. The van der Waals surface area contributed by atoms with E-state index >= 15 is 0 Å². The maximum atomic E-state index is 14.2. The molecule has 1 amide bonds. The topological polar surface area (TPSA) is 49.8 Å². The van der Waals surface area contributed by atoms with Crippen molar-refractivity contribution < 1.29 is 22.4 Å². The minimum atomic E-state index is -1.42. The van der Waals surface area contributed by atoms with Gasteiger partial charge in [0.1, 0.15) is 0 Å². The van der Waals surface area contributed by atoms with Crippen LogP contribution in [0.2, 0.25) is 0 Å². The van der Waals surface area contributed by atoms with Crippen molar-refractivity contribution in [3.8, 4) is 0 Å². The summed E-state index contributed by atoms with van der Waals surface area (Å²) in [5, 5.41) is 2.98. The van der Waals surface area contributed by atoms with Crippen LogP contribution in [0.4, 0.5) is 17.6 Å². The molecule has 0 radical (unpaired) electrons. The molecule has 0 bridgehead atoms. The van der Waals surface area contributed by atoms with E-state index in [1.54, 1.807) is 4.57 Å². The van der Waals surface area contributed by atoms with Crippen LogP contribution >= 0.6 is 12.2 Å². The van der Waals surface area contributed by atoms with Crippen LogP contribution < -0.4 is 5.32 Å². The molecular weight excluding hydrogens is 394 g/mol. The van der Waals surface area contributed by atoms with Crippen LogP contribution in [-0.2, 0) is 24.2 Å². The van der Waals surface area contributed by atoms with Crippen LogP contribution in [-0.4, -0.2) is 21.5 Å². The number of imidazole rings is 1. The molecular formula is C19H19F4N3OS. The fourth-order valence-electron chi connectivity index (χ4n) is 4.30. The van der Waals surface area contributed by atoms with Gasteiger partial charge in [0.2, 0.25) is 5.91 Å².